The number of halogens is 1. The molecule has 0 radical (unpaired) electrons. The fourth-order valence-electron chi connectivity index (χ4n) is 1.59. The maximum atomic E-state index is 5.95. The van der Waals surface area contributed by atoms with E-state index >= 15 is 0 Å². The molecule has 0 fully saturated rings. The number of nitrogens with zero attached hydrogens (tertiary/aromatic N) is 2. The topological polar surface area (TPSA) is 37.8 Å². The van der Waals surface area contributed by atoms with Gasteiger partial charge in [-0.3, -0.25) is 0 Å². The molecule has 0 amide bonds. The van der Waals surface area contributed by atoms with E-state index in [0.29, 0.717) is 5.02 Å². The lowest BCUT2D eigenvalue weighted by atomic mass is 10.2. The molecule has 0 bridgehead atoms. The monoisotopic (exact) mass is 221 g/mol. The SMILES string of the molecule is CNCc1nc(C)nc2ccc(Cl)cc12. The number of hydrogen-bond donors (Lipinski definition) is 1. The van der Waals surface area contributed by atoms with Gasteiger partial charge >= 0.3 is 0 Å². The molecule has 1 aromatic carbocycles. The van der Waals surface area contributed by atoms with Crippen LogP contribution >= 0.6 is 11.6 Å². The van der Waals surface area contributed by atoms with Crippen LogP contribution in [0.15, 0.2) is 18.2 Å². The summed E-state index contributed by atoms with van der Waals surface area (Å²) in [7, 11) is 1.90. The van der Waals surface area contributed by atoms with Crippen molar-refractivity contribution in [2.75, 3.05) is 7.05 Å². The number of benzene rings is 1. The van der Waals surface area contributed by atoms with Gasteiger partial charge in [-0.1, -0.05) is 11.6 Å². The Balaban J connectivity index is 2.70. The standard InChI is InChI=1S/C11H12ClN3/c1-7-14-10-4-3-8(12)5-9(10)11(15-7)6-13-2/h3-5,13H,6H2,1-2H3. The molecular weight excluding hydrogens is 210 g/mol. The fraction of sp³-hybridized carbons (Fsp3) is 0.273. The van der Waals surface area contributed by atoms with E-state index in [1.165, 1.54) is 0 Å². The summed E-state index contributed by atoms with van der Waals surface area (Å²) in [5.74, 6) is 0.787. The Kier molecular flexibility index (Phi) is 2.84. The lowest BCUT2D eigenvalue weighted by molar-refractivity contribution is 0.789. The van der Waals surface area contributed by atoms with Gasteiger partial charge in [0.1, 0.15) is 5.82 Å². The van der Waals surface area contributed by atoms with E-state index < -0.39 is 0 Å². The van der Waals surface area contributed by atoms with E-state index in [2.05, 4.69) is 15.3 Å². The maximum Gasteiger partial charge on any atom is 0.126 e. The van der Waals surface area contributed by atoms with Gasteiger partial charge in [-0.2, -0.15) is 0 Å². The average molecular weight is 222 g/mol. The zero-order valence-electron chi connectivity index (χ0n) is 8.71. The first-order chi connectivity index (χ1) is 7.20. The van der Waals surface area contributed by atoms with Crippen molar-refractivity contribution < 1.29 is 0 Å². The molecule has 0 aliphatic heterocycles. The Morgan fingerprint density at radius 1 is 1.33 bits per heavy atom. The van der Waals surface area contributed by atoms with E-state index in [9.17, 15) is 0 Å². The number of aromatic nitrogens is 2. The van der Waals surface area contributed by atoms with Crippen LogP contribution in [-0.4, -0.2) is 17.0 Å². The van der Waals surface area contributed by atoms with Crippen molar-refractivity contribution in [1.82, 2.24) is 15.3 Å². The third-order valence-electron chi connectivity index (χ3n) is 2.19. The van der Waals surface area contributed by atoms with Crippen molar-refractivity contribution in [3.63, 3.8) is 0 Å². The zero-order valence-corrected chi connectivity index (χ0v) is 9.47. The van der Waals surface area contributed by atoms with E-state index in [1.54, 1.807) is 0 Å². The van der Waals surface area contributed by atoms with Crippen LogP contribution in [-0.2, 0) is 6.54 Å². The van der Waals surface area contributed by atoms with Gasteiger partial charge in [-0.25, -0.2) is 9.97 Å². The Hall–Kier alpha value is -1.19. The van der Waals surface area contributed by atoms with Gasteiger partial charge < -0.3 is 5.32 Å². The molecule has 0 aliphatic carbocycles. The van der Waals surface area contributed by atoms with Crippen molar-refractivity contribution in [1.29, 1.82) is 0 Å². The second-order valence-electron chi connectivity index (χ2n) is 3.41. The molecule has 0 aliphatic rings. The number of nitrogens with one attached hydrogen (secondary N) is 1. The van der Waals surface area contributed by atoms with Gasteiger partial charge in [0.25, 0.3) is 0 Å². The number of hydrogen-bond acceptors (Lipinski definition) is 3. The maximum absolute atomic E-state index is 5.95. The van der Waals surface area contributed by atoms with Gasteiger partial charge in [-0.15, -0.1) is 0 Å². The van der Waals surface area contributed by atoms with E-state index in [4.69, 9.17) is 11.6 Å². The summed E-state index contributed by atoms with van der Waals surface area (Å²) in [6.45, 7) is 2.62. The predicted molar refractivity (Wildman–Crippen MR) is 62.0 cm³/mol. The highest BCUT2D eigenvalue weighted by atomic mass is 35.5. The largest absolute Gasteiger partial charge is 0.314 e. The molecule has 0 atom stereocenters. The second kappa shape index (κ2) is 4.13. The summed E-state index contributed by atoms with van der Waals surface area (Å²) in [6.07, 6.45) is 0. The lowest BCUT2D eigenvalue weighted by Crippen LogP contribution is -2.09. The van der Waals surface area contributed by atoms with Gasteiger partial charge in [0.2, 0.25) is 0 Å². The first kappa shape index (κ1) is 10.3. The summed E-state index contributed by atoms with van der Waals surface area (Å²) >= 11 is 5.95. The first-order valence-corrected chi connectivity index (χ1v) is 5.16. The van der Waals surface area contributed by atoms with Crippen LogP contribution in [0.3, 0.4) is 0 Å². The van der Waals surface area contributed by atoms with Crippen LogP contribution in [0.1, 0.15) is 11.5 Å². The summed E-state index contributed by atoms with van der Waals surface area (Å²) in [4.78, 5) is 8.76. The molecule has 0 spiro atoms. The third kappa shape index (κ3) is 2.08. The minimum Gasteiger partial charge on any atom is -0.314 e. The molecule has 4 heteroatoms. The average Bonchev–Trinajstić information content (AvgIpc) is 2.19. The molecule has 78 valence electrons. The van der Waals surface area contributed by atoms with E-state index in [0.717, 1.165) is 29.0 Å². The molecule has 1 heterocycles. The zero-order chi connectivity index (χ0) is 10.8. The first-order valence-electron chi connectivity index (χ1n) is 4.78. The minimum absolute atomic E-state index is 0.715. The minimum atomic E-state index is 0.715. The highest BCUT2D eigenvalue weighted by molar-refractivity contribution is 6.31. The van der Waals surface area contributed by atoms with E-state index in [1.807, 2.05) is 32.2 Å². The highest BCUT2D eigenvalue weighted by Gasteiger charge is 2.05. The number of rotatable bonds is 2. The van der Waals surface area contributed by atoms with Crippen LogP contribution in [0, 0.1) is 6.92 Å². The van der Waals surface area contributed by atoms with Crippen LogP contribution in [0.4, 0.5) is 0 Å². The van der Waals surface area contributed by atoms with Crippen LogP contribution in [0.25, 0.3) is 10.9 Å². The fourth-order valence-corrected chi connectivity index (χ4v) is 1.77. The molecule has 0 unspecified atom stereocenters. The molecule has 1 N–H and O–H groups in total. The van der Waals surface area contributed by atoms with Gasteiger partial charge in [0.15, 0.2) is 0 Å². The number of fused-ring (bicyclic) bond motifs is 1. The van der Waals surface area contributed by atoms with Crippen molar-refractivity contribution in [2.45, 2.75) is 13.5 Å². The Morgan fingerprint density at radius 3 is 2.87 bits per heavy atom. The Labute approximate surface area is 93.5 Å². The normalized spacial score (nSPS) is 10.9. The predicted octanol–water partition coefficient (Wildman–Crippen LogP) is 2.31. The second-order valence-corrected chi connectivity index (χ2v) is 3.85. The van der Waals surface area contributed by atoms with Crippen molar-refractivity contribution in [3.05, 3.63) is 34.7 Å². The highest BCUT2D eigenvalue weighted by Crippen LogP contribution is 2.20. The number of aryl methyl sites for hydroxylation is 1. The van der Waals surface area contributed by atoms with Crippen molar-refractivity contribution >= 4 is 22.5 Å². The summed E-state index contributed by atoms with van der Waals surface area (Å²) in [5, 5.41) is 4.82. The third-order valence-corrected chi connectivity index (χ3v) is 2.43. The molecular formula is C11H12ClN3. The van der Waals surface area contributed by atoms with Crippen LogP contribution in [0.5, 0.6) is 0 Å². The molecule has 1 aromatic heterocycles. The van der Waals surface area contributed by atoms with Crippen LogP contribution < -0.4 is 5.32 Å². The molecule has 0 saturated carbocycles. The lowest BCUT2D eigenvalue weighted by Gasteiger charge is -2.06. The Bertz CT molecular complexity index is 496. The van der Waals surface area contributed by atoms with Gasteiger partial charge in [-0.05, 0) is 32.2 Å². The summed E-state index contributed by atoms with van der Waals surface area (Å²) in [6, 6.07) is 5.67. The smallest absolute Gasteiger partial charge is 0.126 e. The molecule has 2 aromatic rings. The van der Waals surface area contributed by atoms with Crippen molar-refractivity contribution in [2.24, 2.45) is 0 Å². The van der Waals surface area contributed by atoms with Crippen molar-refractivity contribution in [3.8, 4) is 0 Å². The summed E-state index contributed by atoms with van der Waals surface area (Å²) in [5.41, 5.74) is 1.93. The molecule has 15 heavy (non-hydrogen) atoms. The summed E-state index contributed by atoms with van der Waals surface area (Å²) < 4.78 is 0. The molecule has 0 saturated heterocycles. The van der Waals surface area contributed by atoms with Crippen LogP contribution in [0.2, 0.25) is 5.02 Å². The van der Waals surface area contributed by atoms with E-state index in [-0.39, 0.29) is 0 Å². The molecule has 3 nitrogen and oxygen atoms in total. The van der Waals surface area contributed by atoms with Gasteiger partial charge in [0, 0.05) is 17.0 Å². The quantitative estimate of drug-likeness (QED) is 0.846. The Morgan fingerprint density at radius 2 is 2.13 bits per heavy atom. The molecule has 2 rings (SSSR count). The van der Waals surface area contributed by atoms with Gasteiger partial charge in [0.05, 0.1) is 11.2 Å².